The predicted molar refractivity (Wildman–Crippen MR) is 25.4 cm³/mol. The SMILES string of the molecule is O=S1(=O)C=NNC1. The third kappa shape index (κ3) is 0.894. The fourth-order valence-electron chi connectivity index (χ4n) is 0.282. The molecular formula is C2H4N2O2S. The van der Waals surface area contributed by atoms with Gasteiger partial charge in [0.25, 0.3) is 0 Å². The van der Waals surface area contributed by atoms with Crippen molar-refractivity contribution in [2.24, 2.45) is 5.10 Å². The van der Waals surface area contributed by atoms with Gasteiger partial charge in [-0.05, 0) is 0 Å². The molecule has 0 aromatic carbocycles. The van der Waals surface area contributed by atoms with Crippen LogP contribution in [0.2, 0.25) is 0 Å². The minimum atomic E-state index is -2.95. The van der Waals surface area contributed by atoms with Gasteiger partial charge in [0.15, 0.2) is 0 Å². The average molecular weight is 120 g/mol. The molecule has 1 rings (SSSR count). The molecule has 1 heterocycles. The molecule has 0 bridgehead atoms. The molecule has 40 valence electrons. The van der Waals surface area contributed by atoms with Crippen LogP contribution in [0.25, 0.3) is 0 Å². The van der Waals surface area contributed by atoms with Crippen LogP contribution in [0.3, 0.4) is 0 Å². The Morgan fingerprint density at radius 3 is 2.57 bits per heavy atom. The molecule has 1 N–H and O–H groups in total. The van der Waals surface area contributed by atoms with Crippen LogP contribution in [-0.2, 0) is 9.84 Å². The maximum Gasteiger partial charge on any atom is 0.209 e. The summed E-state index contributed by atoms with van der Waals surface area (Å²) in [4.78, 5) is 0. The molecule has 0 aliphatic carbocycles. The molecule has 0 fully saturated rings. The number of nitrogens with zero attached hydrogens (tertiary/aromatic N) is 1. The van der Waals surface area contributed by atoms with E-state index in [1.165, 1.54) is 0 Å². The van der Waals surface area contributed by atoms with E-state index in [1.807, 2.05) is 0 Å². The van der Waals surface area contributed by atoms with E-state index in [9.17, 15) is 8.42 Å². The van der Waals surface area contributed by atoms with Gasteiger partial charge in [0.05, 0.1) is 0 Å². The lowest BCUT2D eigenvalue weighted by Gasteiger charge is -1.80. The Hall–Kier alpha value is -0.580. The highest BCUT2D eigenvalue weighted by Gasteiger charge is 2.09. The maximum atomic E-state index is 10.2. The molecule has 0 aromatic heterocycles. The van der Waals surface area contributed by atoms with Gasteiger partial charge < -0.3 is 0 Å². The monoisotopic (exact) mass is 120 g/mol. The molecule has 0 amide bonds. The highest BCUT2D eigenvalue weighted by molar-refractivity contribution is 8.04. The first kappa shape index (κ1) is 4.58. The molecule has 0 atom stereocenters. The highest BCUT2D eigenvalue weighted by atomic mass is 32.2. The number of nitrogens with one attached hydrogen (secondary N) is 1. The molecule has 0 unspecified atom stereocenters. The van der Waals surface area contributed by atoms with Crippen molar-refractivity contribution in [3.8, 4) is 0 Å². The third-order valence-corrected chi connectivity index (χ3v) is 1.53. The molecule has 0 radical (unpaired) electrons. The maximum absolute atomic E-state index is 10.2. The second-order valence-corrected chi connectivity index (χ2v) is 3.03. The summed E-state index contributed by atoms with van der Waals surface area (Å²) in [6, 6.07) is 0. The Labute approximate surface area is 41.1 Å². The lowest BCUT2D eigenvalue weighted by atomic mass is 11.5. The molecule has 7 heavy (non-hydrogen) atoms. The molecule has 5 heteroatoms. The zero-order chi connectivity index (χ0) is 5.33. The van der Waals surface area contributed by atoms with Gasteiger partial charge in [0, 0.05) is 0 Å². The number of sulfone groups is 1. The normalized spacial score (nSPS) is 24.6. The first-order valence-corrected chi connectivity index (χ1v) is 3.41. The average Bonchev–Trinajstić information content (AvgIpc) is 1.84. The van der Waals surface area contributed by atoms with Crippen LogP contribution in [0, 0.1) is 0 Å². The van der Waals surface area contributed by atoms with E-state index in [0.717, 1.165) is 5.55 Å². The van der Waals surface area contributed by atoms with Gasteiger partial charge in [-0.1, -0.05) is 0 Å². The van der Waals surface area contributed by atoms with Crippen LogP contribution in [0.1, 0.15) is 0 Å². The van der Waals surface area contributed by atoms with Crippen molar-refractivity contribution in [1.29, 1.82) is 0 Å². The van der Waals surface area contributed by atoms with E-state index in [-0.39, 0.29) is 5.88 Å². The smallest absolute Gasteiger partial charge is 0.209 e. The van der Waals surface area contributed by atoms with Crippen molar-refractivity contribution >= 4 is 15.4 Å². The Balaban J connectivity index is 2.99. The molecule has 0 spiro atoms. The topological polar surface area (TPSA) is 58.5 Å². The first-order chi connectivity index (χ1) is 3.21. The fourth-order valence-corrected chi connectivity index (χ4v) is 0.846. The Morgan fingerprint density at radius 2 is 2.43 bits per heavy atom. The van der Waals surface area contributed by atoms with Crippen LogP contribution in [0.15, 0.2) is 5.10 Å². The predicted octanol–water partition coefficient (Wildman–Crippen LogP) is -1.09. The van der Waals surface area contributed by atoms with Crippen LogP contribution in [-0.4, -0.2) is 19.8 Å². The summed E-state index contributed by atoms with van der Waals surface area (Å²) in [6.07, 6.45) is 0. The van der Waals surface area contributed by atoms with Gasteiger partial charge >= 0.3 is 0 Å². The van der Waals surface area contributed by atoms with Gasteiger partial charge in [-0.3, -0.25) is 5.43 Å². The first-order valence-electron chi connectivity index (χ1n) is 1.69. The summed E-state index contributed by atoms with van der Waals surface area (Å²) in [5, 5.41) is 3.27. The van der Waals surface area contributed by atoms with Crippen LogP contribution in [0.4, 0.5) is 0 Å². The lowest BCUT2D eigenvalue weighted by Crippen LogP contribution is -2.08. The van der Waals surface area contributed by atoms with Crippen molar-refractivity contribution in [1.82, 2.24) is 5.43 Å². The van der Waals surface area contributed by atoms with E-state index in [0.29, 0.717) is 0 Å². The van der Waals surface area contributed by atoms with E-state index in [1.54, 1.807) is 0 Å². The Bertz CT molecular complexity index is 180. The van der Waals surface area contributed by atoms with E-state index in [2.05, 4.69) is 10.5 Å². The highest BCUT2D eigenvalue weighted by Crippen LogP contribution is 1.86. The van der Waals surface area contributed by atoms with Gasteiger partial charge in [0.2, 0.25) is 9.84 Å². The van der Waals surface area contributed by atoms with Crippen LogP contribution < -0.4 is 5.43 Å². The summed E-state index contributed by atoms with van der Waals surface area (Å²) < 4.78 is 20.4. The number of rotatable bonds is 0. The second-order valence-electron chi connectivity index (χ2n) is 1.20. The van der Waals surface area contributed by atoms with Gasteiger partial charge in [-0.15, -0.1) is 0 Å². The number of hydrogen-bond donors (Lipinski definition) is 1. The van der Waals surface area contributed by atoms with E-state index < -0.39 is 9.84 Å². The Kier molecular flexibility index (Phi) is 0.780. The van der Waals surface area contributed by atoms with Crippen molar-refractivity contribution in [3.05, 3.63) is 0 Å². The number of hydrazone groups is 1. The quantitative estimate of drug-likeness (QED) is 0.441. The van der Waals surface area contributed by atoms with Gasteiger partial charge in [0.1, 0.15) is 11.4 Å². The Morgan fingerprint density at radius 1 is 1.71 bits per heavy atom. The molecule has 1 aliphatic rings. The minimum Gasteiger partial charge on any atom is -0.294 e. The van der Waals surface area contributed by atoms with Crippen LogP contribution in [0.5, 0.6) is 0 Å². The second kappa shape index (κ2) is 1.19. The van der Waals surface area contributed by atoms with Crippen molar-refractivity contribution in [2.75, 3.05) is 5.88 Å². The van der Waals surface area contributed by atoms with Crippen molar-refractivity contribution < 1.29 is 8.42 Å². The zero-order valence-electron chi connectivity index (χ0n) is 3.46. The largest absolute Gasteiger partial charge is 0.294 e. The molecule has 1 aliphatic heterocycles. The van der Waals surface area contributed by atoms with Crippen LogP contribution >= 0.6 is 0 Å². The van der Waals surface area contributed by atoms with Gasteiger partial charge in [-0.2, -0.15) is 5.10 Å². The summed E-state index contributed by atoms with van der Waals surface area (Å²) in [7, 11) is -2.95. The summed E-state index contributed by atoms with van der Waals surface area (Å²) in [6.45, 7) is 0. The molecule has 4 nitrogen and oxygen atoms in total. The van der Waals surface area contributed by atoms with Gasteiger partial charge in [-0.25, -0.2) is 8.42 Å². The summed E-state index contributed by atoms with van der Waals surface area (Å²) in [5.74, 6) is -0.0486. The number of hydrogen-bond acceptors (Lipinski definition) is 4. The molecular weight excluding hydrogens is 116 g/mol. The summed E-state index contributed by atoms with van der Waals surface area (Å²) in [5.41, 5.74) is 3.20. The standard InChI is InChI=1S/C2H4N2O2S/c5-7(6)1-3-4-2-7/h1,4H,2H2. The van der Waals surface area contributed by atoms with E-state index >= 15 is 0 Å². The van der Waals surface area contributed by atoms with Crippen molar-refractivity contribution in [2.45, 2.75) is 0 Å². The fraction of sp³-hybridized carbons (Fsp3) is 0.500. The third-order valence-electron chi connectivity index (χ3n) is 0.570. The van der Waals surface area contributed by atoms with Crippen molar-refractivity contribution in [3.63, 3.8) is 0 Å². The molecule has 0 saturated carbocycles. The lowest BCUT2D eigenvalue weighted by molar-refractivity contribution is 0.606. The zero-order valence-corrected chi connectivity index (χ0v) is 4.27. The van der Waals surface area contributed by atoms with E-state index in [4.69, 9.17) is 0 Å². The molecule has 0 aromatic rings. The molecule has 0 saturated heterocycles. The summed E-state index contributed by atoms with van der Waals surface area (Å²) >= 11 is 0. The minimum absolute atomic E-state index is 0.0486.